The number of epoxide rings is 2. The lowest BCUT2D eigenvalue weighted by Crippen LogP contribution is -2.40. The zero-order valence-electron chi connectivity index (χ0n) is 9.55. The molecule has 3 heterocycles. The van der Waals surface area contributed by atoms with E-state index in [-0.39, 0.29) is 18.3 Å². The molecule has 0 saturated carbocycles. The first-order chi connectivity index (χ1) is 8.67. The Bertz CT molecular complexity index is 627. The van der Waals surface area contributed by atoms with E-state index in [1.165, 1.54) is 0 Å². The molecule has 4 atom stereocenters. The van der Waals surface area contributed by atoms with E-state index >= 15 is 0 Å². The Morgan fingerprint density at radius 2 is 2.22 bits per heavy atom. The molecule has 4 aliphatic rings. The molecule has 0 bridgehead atoms. The van der Waals surface area contributed by atoms with Crippen LogP contribution in [0.3, 0.4) is 0 Å². The molecule has 0 amide bonds. The maximum absolute atomic E-state index is 6.13. The van der Waals surface area contributed by atoms with Crippen molar-refractivity contribution in [2.75, 3.05) is 5.73 Å². The van der Waals surface area contributed by atoms with E-state index < -0.39 is 5.72 Å². The average molecular weight is 244 g/mol. The van der Waals surface area contributed by atoms with Gasteiger partial charge in [-0.15, -0.1) is 0 Å². The predicted octanol–water partition coefficient (Wildman–Crippen LogP) is 0.293. The molecule has 1 aliphatic carbocycles. The van der Waals surface area contributed by atoms with E-state index in [0.29, 0.717) is 0 Å². The van der Waals surface area contributed by atoms with Gasteiger partial charge in [-0.05, 0) is 18.2 Å². The number of hydrogen-bond acceptors (Lipinski definition) is 5. The highest BCUT2D eigenvalue weighted by Crippen LogP contribution is 2.58. The Kier molecular flexibility index (Phi) is 1.34. The van der Waals surface area contributed by atoms with Crippen LogP contribution in [0.1, 0.15) is 5.56 Å². The molecule has 18 heavy (non-hydrogen) atoms. The van der Waals surface area contributed by atoms with Gasteiger partial charge in [-0.2, -0.15) is 0 Å². The second kappa shape index (κ2) is 2.56. The average Bonchev–Trinajstić information content (AvgIpc) is 3.20. The van der Waals surface area contributed by atoms with Gasteiger partial charge in [0.1, 0.15) is 29.8 Å². The molecule has 92 valence electrons. The number of rotatable bonds is 0. The van der Waals surface area contributed by atoms with Gasteiger partial charge in [0, 0.05) is 23.2 Å². The molecular weight excluding hydrogens is 232 g/mol. The van der Waals surface area contributed by atoms with Gasteiger partial charge in [-0.3, -0.25) is 5.73 Å². The zero-order valence-corrected chi connectivity index (χ0v) is 9.55. The van der Waals surface area contributed by atoms with Crippen LogP contribution in [0.2, 0.25) is 0 Å². The van der Waals surface area contributed by atoms with Gasteiger partial charge in [0.15, 0.2) is 5.72 Å². The molecule has 5 nitrogen and oxygen atoms in total. The van der Waals surface area contributed by atoms with Crippen LogP contribution in [0.4, 0.5) is 5.69 Å². The van der Waals surface area contributed by atoms with Gasteiger partial charge < -0.3 is 19.9 Å². The molecule has 0 aromatic heterocycles. The third-order valence-corrected chi connectivity index (χ3v) is 4.19. The van der Waals surface area contributed by atoms with E-state index in [1.54, 1.807) is 0 Å². The quantitative estimate of drug-likeness (QED) is 0.506. The molecule has 2 fully saturated rings. The summed E-state index contributed by atoms with van der Waals surface area (Å²) < 4.78 is 17.2. The summed E-state index contributed by atoms with van der Waals surface area (Å²) in [4.78, 5) is 0. The van der Waals surface area contributed by atoms with Crippen LogP contribution in [0.5, 0.6) is 5.75 Å². The van der Waals surface area contributed by atoms with Gasteiger partial charge >= 0.3 is 0 Å². The lowest BCUT2D eigenvalue weighted by Gasteiger charge is -2.24. The lowest BCUT2D eigenvalue weighted by molar-refractivity contribution is 0.233. The molecule has 4 unspecified atom stereocenters. The zero-order chi connectivity index (χ0) is 12.1. The van der Waals surface area contributed by atoms with E-state index in [2.05, 4.69) is 0 Å². The summed E-state index contributed by atoms with van der Waals surface area (Å²) >= 11 is 0. The summed E-state index contributed by atoms with van der Waals surface area (Å²) in [6, 6.07) is 5.70. The molecule has 3 aliphatic heterocycles. The minimum Gasteiger partial charge on any atom is -0.458 e. The molecule has 4 N–H and O–H groups in total. The van der Waals surface area contributed by atoms with Crippen LogP contribution < -0.4 is 16.2 Å². The van der Waals surface area contributed by atoms with Crippen molar-refractivity contribution in [1.82, 2.24) is 0 Å². The summed E-state index contributed by atoms with van der Waals surface area (Å²) in [5, 5.41) is 0. The summed E-state index contributed by atoms with van der Waals surface area (Å²) in [7, 11) is 0. The van der Waals surface area contributed by atoms with Crippen molar-refractivity contribution in [2.45, 2.75) is 30.5 Å². The Hall–Kier alpha value is -1.56. The second-order valence-corrected chi connectivity index (χ2v) is 5.36. The number of hydrogen-bond donors (Lipinski definition) is 2. The molecular formula is C13H12N2O3. The van der Waals surface area contributed by atoms with Crippen molar-refractivity contribution in [3.8, 4) is 5.75 Å². The Morgan fingerprint density at radius 1 is 1.33 bits per heavy atom. The molecule has 0 radical (unpaired) electrons. The number of benzene rings is 1. The summed E-state index contributed by atoms with van der Waals surface area (Å²) in [5.74, 6) is 1.77. The van der Waals surface area contributed by atoms with E-state index in [4.69, 9.17) is 25.7 Å². The summed E-state index contributed by atoms with van der Waals surface area (Å²) in [5.41, 5.74) is 14.3. The van der Waals surface area contributed by atoms with Crippen molar-refractivity contribution in [1.29, 1.82) is 0 Å². The fraction of sp³-hybridized carbons (Fsp3) is 0.385. The highest BCUT2D eigenvalue weighted by atomic mass is 16.7. The second-order valence-electron chi connectivity index (χ2n) is 5.36. The van der Waals surface area contributed by atoms with Crippen LogP contribution >= 0.6 is 0 Å². The number of anilines is 1. The molecule has 2 saturated heterocycles. The number of fused-ring (bicyclic) bond motifs is 6. The van der Waals surface area contributed by atoms with Crippen molar-refractivity contribution in [2.24, 2.45) is 5.73 Å². The fourth-order valence-corrected chi connectivity index (χ4v) is 3.16. The highest BCUT2D eigenvalue weighted by molar-refractivity contribution is 5.55. The third kappa shape index (κ3) is 0.949. The molecule has 1 aromatic carbocycles. The number of nitrogens with two attached hydrogens (primary N) is 2. The maximum Gasteiger partial charge on any atom is 0.177 e. The molecule has 0 spiro atoms. The first-order valence-corrected chi connectivity index (χ1v) is 6.08. The van der Waals surface area contributed by atoms with Gasteiger partial charge in [0.25, 0.3) is 0 Å². The first kappa shape index (κ1) is 9.38. The predicted molar refractivity (Wildman–Crippen MR) is 62.7 cm³/mol. The normalized spacial score (nSPS) is 42.2. The fourth-order valence-electron chi connectivity index (χ4n) is 3.16. The number of nitrogen functional groups attached to an aromatic ring is 1. The summed E-state index contributed by atoms with van der Waals surface area (Å²) in [6.07, 6.45) is 0.684. The minimum absolute atomic E-state index is 0.0190. The standard InChI is InChI=1S/C13H12N2O3/c14-6-1-2-8-5(3-6)4-7-9(16-8)10-12(17-10)13(15)11(7)18-13/h1-3,10-12H,4,14-15H2. The van der Waals surface area contributed by atoms with Crippen LogP contribution in [0.15, 0.2) is 29.5 Å². The Balaban J connectivity index is 1.63. The SMILES string of the molecule is Nc1ccc2c(c1)CC1=C(O2)C2OC2C2(N)OC12. The van der Waals surface area contributed by atoms with Crippen molar-refractivity contribution in [3.63, 3.8) is 0 Å². The summed E-state index contributed by atoms with van der Waals surface area (Å²) in [6.45, 7) is 0. The van der Waals surface area contributed by atoms with E-state index in [1.807, 2.05) is 18.2 Å². The largest absolute Gasteiger partial charge is 0.458 e. The van der Waals surface area contributed by atoms with Crippen LogP contribution in [-0.2, 0) is 15.9 Å². The third-order valence-electron chi connectivity index (χ3n) is 4.19. The van der Waals surface area contributed by atoms with Gasteiger partial charge in [0.05, 0.1) is 0 Å². The first-order valence-electron chi connectivity index (χ1n) is 6.08. The highest BCUT2D eigenvalue weighted by Gasteiger charge is 2.75. The van der Waals surface area contributed by atoms with Crippen molar-refractivity contribution < 1.29 is 14.2 Å². The van der Waals surface area contributed by atoms with E-state index in [0.717, 1.165) is 34.8 Å². The Morgan fingerprint density at radius 3 is 3.11 bits per heavy atom. The lowest BCUT2D eigenvalue weighted by atomic mass is 9.88. The molecule has 5 rings (SSSR count). The van der Waals surface area contributed by atoms with Crippen LogP contribution in [0.25, 0.3) is 0 Å². The monoisotopic (exact) mass is 244 g/mol. The minimum atomic E-state index is -0.606. The van der Waals surface area contributed by atoms with Gasteiger partial charge in [-0.1, -0.05) is 0 Å². The van der Waals surface area contributed by atoms with Crippen LogP contribution in [0, 0.1) is 0 Å². The molecule has 1 aromatic rings. The van der Waals surface area contributed by atoms with Crippen LogP contribution in [-0.4, -0.2) is 24.0 Å². The van der Waals surface area contributed by atoms with Gasteiger partial charge in [0.2, 0.25) is 0 Å². The van der Waals surface area contributed by atoms with Crippen molar-refractivity contribution in [3.05, 3.63) is 35.1 Å². The van der Waals surface area contributed by atoms with Crippen molar-refractivity contribution >= 4 is 5.69 Å². The number of ether oxygens (including phenoxy) is 3. The smallest absolute Gasteiger partial charge is 0.177 e. The maximum atomic E-state index is 6.13. The van der Waals surface area contributed by atoms with E-state index in [9.17, 15) is 0 Å². The van der Waals surface area contributed by atoms with Gasteiger partial charge in [-0.25, -0.2) is 0 Å². The Labute approximate surface area is 103 Å². The molecule has 5 heteroatoms. The topological polar surface area (TPSA) is 86.3 Å².